The van der Waals surface area contributed by atoms with E-state index in [-0.39, 0.29) is 14.9 Å². The lowest BCUT2D eigenvalue weighted by Crippen LogP contribution is -2.14. The highest BCUT2D eigenvalue weighted by atomic mass is 79.9. The van der Waals surface area contributed by atoms with Crippen LogP contribution >= 0.6 is 39.1 Å². The molecule has 0 bridgehead atoms. The van der Waals surface area contributed by atoms with Crippen LogP contribution in [0.3, 0.4) is 0 Å². The zero-order chi connectivity index (χ0) is 13.5. The fraction of sp³-hybridized carbons (Fsp3) is 0.100. The molecule has 0 amide bonds. The van der Waals surface area contributed by atoms with E-state index in [1.165, 1.54) is 24.5 Å². The molecule has 0 spiro atoms. The molecule has 96 valence electrons. The lowest BCUT2D eigenvalue weighted by Gasteiger charge is -2.10. The molecule has 18 heavy (non-hydrogen) atoms. The molecule has 0 aliphatic carbocycles. The van der Waals surface area contributed by atoms with Gasteiger partial charge in [-0.05, 0) is 35.0 Å². The summed E-state index contributed by atoms with van der Waals surface area (Å²) in [4.78, 5) is 3.93. The highest BCUT2D eigenvalue weighted by molar-refractivity contribution is 9.10. The Morgan fingerprint density at radius 1 is 1.28 bits per heavy atom. The number of halogens is 3. The van der Waals surface area contributed by atoms with E-state index < -0.39 is 10.0 Å². The van der Waals surface area contributed by atoms with Crippen molar-refractivity contribution in [3.63, 3.8) is 0 Å². The standard InChI is InChI=1S/C10H7BrCl2N2O2S/c1-6-14-2-3-15(6)18(16,17)10-5-9(13)8(12)4-7(10)11/h2-5H,1H3. The third-order valence-electron chi connectivity index (χ3n) is 2.29. The summed E-state index contributed by atoms with van der Waals surface area (Å²) in [5.74, 6) is 0.368. The summed E-state index contributed by atoms with van der Waals surface area (Å²) < 4.78 is 26.2. The smallest absolute Gasteiger partial charge is 0.241 e. The van der Waals surface area contributed by atoms with Crippen molar-refractivity contribution in [1.29, 1.82) is 0 Å². The van der Waals surface area contributed by atoms with Crippen LogP contribution in [0.25, 0.3) is 0 Å². The normalized spacial score (nSPS) is 11.8. The molecular weight excluding hydrogens is 363 g/mol. The molecule has 0 unspecified atom stereocenters. The van der Waals surface area contributed by atoms with Gasteiger partial charge in [0.15, 0.2) is 0 Å². The average molecular weight is 370 g/mol. The molecule has 0 fully saturated rings. The topological polar surface area (TPSA) is 52.0 Å². The Morgan fingerprint density at radius 3 is 2.44 bits per heavy atom. The number of aryl methyl sites for hydroxylation is 1. The van der Waals surface area contributed by atoms with Crippen LogP contribution in [0.4, 0.5) is 0 Å². The van der Waals surface area contributed by atoms with Crippen molar-refractivity contribution >= 4 is 49.2 Å². The summed E-state index contributed by atoms with van der Waals surface area (Å²) in [6.45, 7) is 1.60. The lowest BCUT2D eigenvalue weighted by molar-refractivity contribution is 0.585. The molecule has 0 N–H and O–H groups in total. The highest BCUT2D eigenvalue weighted by Crippen LogP contribution is 2.33. The predicted octanol–water partition coefficient (Wildman–Crippen LogP) is 3.50. The van der Waals surface area contributed by atoms with Gasteiger partial charge in [0.1, 0.15) is 10.7 Å². The summed E-state index contributed by atoms with van der Waals surface area (Å²) in [7, 11) is -3.73. The lowest BCUT2D eigenvalue weighted by atomic mass is 10.4. The van der Waals surface area contributed by atoms with Crippen molar-refractivity contribution in [2.24, 2.45) is 0 Å². The summed E-state index contributed by atoms with van der Waals surface area (Å²) >= 11 is 14.8. The first-order valence-corrected chi connectivity index (χ1v) is 7.73. The number of hydrogen-bond acceptors (Lipinski definition) is 3. The maximum atomic E-state index is 12.4. The number of imidazole rings is 1. The summed E-state index contributed by atoms with van der Waals surface area (Å²) in [5.41, 5.74) is 0. The monoisotopic (exact) mass is 368 g/mol. The van der Waals surface area contributed by atoms with Gasteiger partial charge in [-0.3, -0.25) is 0 Å². The number of rotatable bonds is 2. The van der Waals surface area contributed by atoms with E-state index in [0.717, 1.165) is 3.97 Å². The van der Waals surface area contributed by atoms with Gasteiger partial charge in [0.2, 0.25) is 0 Å². The van der Waals surface area contributed by atoms with Crippen LogP contribution in [0, 0.1) is 6.92 Å². The summed E-state index contributed by atoms with van der Waals surface area (Å²) in [6, 6.07) is 2.76. The molecule has 1 aromatic heterocycles. The first-order chi connectivity index (χ1) is 8.34. The predicted molar refractivity (Wildman–Crippen MR) is 73.7 cm³/mol. The number of benzene rings is 1. The van der Waals surface area contributed by atoms with Crippen molar-refractivity contribution in [2.45, 2.75) is 11.8 Å². The van der Waals surface area contributed by atoms with E-state index in [1.807, 2.05) is 0 Å². The van der Waals surface area contributed by atoms with Crippen LogP contribution in [0.2, 0.25) is 10.0 Å². The zero-order valence-electron chi connectivity index (χ0n) is 9.06. The minimum absolute atomic E-state index is 0.0398. The zero-order valence-corrected chi connectivity index (χ0v) is 13.0. The number of nitrogens with zero attached hydrogens (tertiary/aromatic N) is 2. The molecular formula is C10H7BrCl2N2O2S. The second kappa shape index (κ2) is 4.85. The highest BCUT2D eigenvalue weighted by Gasteiger charge is 2.22. The molecule has 1 aromatic carbocycles. The average Bonchev–Trinajstić information content (AvgIpc) is 2.70. The Balaban J connectivity index is 2.70. The number of aromatic nitrogens is 2. The molecule has 0 radical (unpaired) electrons. The number of hydrogen-bond donors (Lipinski definition) is 0. The maximum Gasteiger partial charge on any atom is 0.270 e. The van der Waals surface area contributed by atoms with Gasteiger partial charge in [0.05, 0.1) is 10.0 Å². The second-order valence-corrected chi connectivity index (χ2v) is 6.92. The van der Waals surface area contributed by atoms with Gasteiger partial charge in [0, 0.05) is 16.9 Å². The van der Waals surface area contributed by atoms with Crippen LogP contribution in [-0.2, 0) is 10.0 Å². The van der Waals surface area contributed by atoms with Crippen molar-refractivity contribution in [1.82, 2.24) is 8.96 Å². The van der Waals surface area contributed by atoms with E-state index in [0.29, 0.717) is 10.3 Å². The summed E-state index contributed by atoms with van der Waals surface area (Å²) in [6.07, 6.45) is 2.79. The van der Waals surface area contributed by atoms with Gasteiger partial charge in [-0.25, -0.2) is 17.4 Å². The van der Waals surface area contributed by atoms with Gasteiger partial charge in [-0.15, -0.1) is 0 Å². The van der Waals surface area contributed by atoms with Crippen molar-refractivity contribution in [3.8, 4) is 0 Å². The summed E-state index contributed by atoms with van der Waals surface area (Å²) in [5, 5.41) is 0.459. The van der Waals surface area contributed by atoms with Gasteiger partial charge < -0.3 is 0 Å². The van der Waals surface area contributed by atoms with Crippen molar-refractivity contribution in [3.05, 3.63) is 44.9 Å². The molecule has 0 atom stereocenters. The van der Waals surface area contributed by atoms with Crippen LogP contribution < -0.4 is 0 Å². The first kappa shape index (κ1) is 13.9. The second-order valence-electron chi connectivity index (χ2n) is 3.47. The molecule has 4 nitrogen and oxygen atoms in total. The van der Waals surface area contributed by atoms with E-state index >= 15 is 0 Å². The van der Waals surface area contributed by atoms with E-state index in [9.17, 15) is 8.42 Å². The quantitative estimate of drug-likeness (QED) is 0.761. The van der Waals surface area contributed by atoms with Gasteiger partial charge in [0.25, 0.3) is 10.0 Å². The van der Waals surface area contributed by atoms with E-state index in [2.05, 4.69) is 20.9 Å². The Labute approximate surface area is 123 Å². The molecule has 2 rings (SSSR count). The van der Waals surface area contributed by atoms with Crippen molar-refractivity contribution in [2.75, 3.05) is 0 Å². The molecule has 0 aliphatic rings. The minimum atomic E-state index is -3.73. The maximum absolute atomic E-state index is 12.4. The Morgan fingerprint density at radius 2 is 1.89 bits per heavy atom. The molecule has 2 aromatic rings. The molecule has 1 heterocycles. The van der Waals surface area contributed by atoms with Crippen LogP contribution in [0.5, 0.6) is 0 Å². The van der Waals surface area contributed by atoms with E-state index in [4.69, 9.17) is 23.2 Å². The third kappa shape index (κ3) is 2.30. The first-order valence-electron chi connectivity index (χ1n) is 4.74. The van der Waals surface area contributed by atoms with Gasteiger partial charge in [-0.1, -0.05) is 23.2 Å². The molecule has 0 saturated carbocycles. The Kier molecular flexibility index (Phi) is 3.73. The SMILES string of the molecule is Cc1nccn1S(=O)(=O)c1cc(Cl)c(Cl)cc1Br. The largest absolute Gasteiger partial charge is 0.270 e. The van der Waals surface area contributed by atoms with Crippen LogP contribution in [-0.4, -0.2) is 17.4 Å². The van der Waals surface area contributed by atoms with Gasteiger partial charge in [-0.2, -0.15) is 0 Å². The molecule has 0 aliphatic heterocycles. The Bertz CT molecular complexity index is 713. The molecule has 8 heteroatoms. The fourth-order valence-corrected chi connectivity index (χ4v) is 4.30. The molecule has 0 saturated heterocycles. The van der Waals surface area contributed by atoms with Crippen molar-refractivity contribution < 1.29 is 8.42 Å². The van der Waals surface area contributed by atoms with Gasteiger partial charge >= 0.3 is 0 Å². The van der Waals surface area contributed by atoms with E-state index in [1.54, 1.807) is 6.92 Å². The van der Waals surface area contributed by atoms with Crippen LogP contribution in [0.15, 0.2) is 33.9 Å². The fourth-order valence-electron chi connectivity index (χ4n) is 1.43. The van der Waals surface area contributed by atoms with Crippen LogP contribution in [0.1, 0.15) is 5.82 Å². The third-order valence-corrected chi connectivity index (χ3v) is 5.73. The minimum Gasteiger partial charge on any atom is -0.241 e. The Hall–Kier alpha value is -0.560.